The molecule has 168 valence electrons. The van der Waals surface area contributed by atoms with Gasteiger partial charge in [0.1, 0.15) is 5.75 Å². The molecular formula is C22H21ClN2O7. The molecular weight excluding hydrogens is 440 g/mol. The van der Waals surface area contributed by atoms with Crippen molar-refractivity contribution in [2.24, 2.45) is 0 Å². The monoisotopic (exact) mass is 460 g/mol. The van der Waals surface area contributed by atoms with Crippen LogP contribution in [0.25, 0.3) is 22.5 Å². The summed E-state index contributed by atoms with van der Waals surface area (Å²) in [6.07, 6.45) is -0.636. The number of hydrogen-bond acceptors (Lipinski definition) is 8. The van der Waals surface area contributed by atoms with Gasteiger partial charge in [-0.1, -0.05) is 18.2 Å². The van der Waals surface area contributed by atoms with E-state index in [-0.39, 0.29) is 0 Å². The summed E-state index contributed by atoms with van der Waals surface area (Å²) in [5, 5.41) is 4.35. The maximum Gasteiger partial charge on any atom is 0.434 e. The predicted octanol–water partition coefficient (Wildman–Crippen LogP) is 4.62. The molecule has 3 rings (SSSR count). The highest BCUT2D eigenvalue weighted by atomic mass is 35.5. The van der Waals surface area contributed by atoms with E-state index in [1.807, 2.05) is 12.1 Å². The van der Waals surface area contributed by atoms with Gasteiger partial charge < -0.3 is 18.9 Å². The standard InChI is InChI=1S/C20H18N2O5.C2H3ClO2/c1-25-14-10-8-13(9-11-14)18-12-17(21-22(18)20(24)27-3)15-6-4-5-7-16(15)19(23)26-2;1-5-2(3)4/h4-12H,1-3H3;1H3. The first-order valence-electron chi connectivity index (χ1n) is 9.10. The first-order valence-corrected chi connectivity index (χ1v) is 9.48. The van der Waals surface area contributed by atoms with Crippen molar-refractivity contribution in [3.05, 3.63) is 60.2 Å². The van der Waals surface area contributed by atoms with Gasteiger partial charge in [0.05, 0.1) is 45.4 Å². The van der Waals surface area contributed by atoms with E-state index in [2.05, 4.69) is 21.4 Å². The Morgan fingerprint density at radius 3 is 2.03 bits per heavy atom. The second-order valence-corrected chi connectivity index (χ2v) is 6.31. The first-order chi connectivity index (χ1) is 15.4. The minimum atomic E-state index is -0.773. The number of aromatic nitrogens is 2. The molecule has 9 nitrogen and oxygen atoms in total. The van der Waals surface area contributed by atoms with Crippen LogP contribution in [0.1, 0.15) is 10.4 Å². The van der Waals surface area contributed by atoms with Crippen LogP contribution in [0.5, 0.6) is 5.75 Å². The molecule has 0 aliphatic carbocycles. The molecule has 0 saturated carbocycles. The maximum absolute atomic E-state index is 12.2. The molecule has 0 bridgehead atoms. The van der Waals surface area contributed by atoms with Gasteiger partial charge in [0.25, 0.3) is 0 Å². The minimum Gasteiger partial charge on any atom is -0.497 e. The number of ether oxygens (including phenoxy) is 4. The molecule has 0 amide bonds. The lowest BCUT2D eigenvalue weighted by Crippen LogP contribution is -2.14. The Bertz CT molecular complexity index is 1090. The van der Waals surface area contributed by atoms with Crippen LogP contribution in [0.4, 0.5) is 9.59 Å². The van der Waals surface area contributed by atoms with Crippen LogP contribution in [0.2, 0.25) is 0 Å². The van der Waals surface area contributed by atoms with Crippen molar-refractivity contribution in [1.29, 1.82) is 0 Å². The van der Waals surface area contributed by atoms with E-state index >= 15 is 0 Å². The third-order valence-electron chi connectivity index (χ3n) is 4.21. The molecule has 0 spiro atoms. The van der Waals surface area contributed by atoms with Crippen molar-refractivity contribution in [3.63, 3.8) is 0 Å². The van der Waals surface area contributed by atoms with Crippen LogP contribution >= 0.6 is 11.6 Å². The van der Waals surface area contributed by atoms with E-state index in [0.29, 0.717) is 28.3 Å². The highest BCUT2D eigenvalue weighted by Crippen LogP contribution is 2.30. The topological polar surface area (TPSA) is 106 Å². The number of rotatable bonds is 4. The largest absolute Gasteiger partial charge is 0.497 e. The lowest BCUT2D eigenvalue weighted by Gasteiger charge is -2.05. The summed E-state index contributed by atoms with van der Waals surface area (Å²) in [6, 6.07) is 15.8. The SMILES string of the molecule is COC(=O)Cl.COC(=O)c1ccccc1-c1cc(-c2ccc(OC)cc2)n(C(=O)OC)n1. The summed E-state index contributed by atoms with van der Waals surface area (Å²) in [5.74, 6) is 0.211. The van der Waals surface area contributed by atoms with Crippen molar-refractivity contribution < 1.29 is 33.3 Å². The van der Waals surface area contributed by atoms with E-state index < -0.39 is 17.5 Å². The highest BCUT2D eigenvalue weighted by Gasteiger charge is 2.20. The Kier molecular flexibility index (Phi) is 8.79. The normalized spacial score (nSPS) is 9.78. The van der Waals surface area contributed by atoms with Gasteiger partial charge in [-0.15, -0.1) is 0 Å². The molecule has 10 heteroatoms. The molecule has 0 unspecified atom stereocenters. The zero-order chi connectivity index (χ0) is 23.7. The van der Waals surface area contributed by atoms with Gasteiger partial charge in [0, 0.05) is 22.7 Å². The molecule has 0 radical (unpaired) electrons. The van der Waals surface area contributed by atoms with Gasteiger partial charge in [0.15, 0.2) is 0 Å². The summed E-state index contributed by atoms with van der Waals surface area (Å²) in [5.41, 5.74) is 1.87. The van der Waals surface area contributed by atoms with Crippen molar-refractivity contribution in [2.45, 2.75) is 0 Å². The van der Waals surface area contributed by atoms with Crippen LogP contribution in [0, 0.1) is 0 Å². The number of esters is 1. The third kappa shape index (κ3) is 5.86. The fourth-order valence-electron chi connectivity index (χ4n) is 2.70. The number of halogens is 1. The Balaban J connectivity index is 0.000000654. The number of benzene rings is 2. The number of carbonyl (C=O) groups is 3. The Morgan fingerprint density at radius 2 is 1.50 bits per heavy atom. The minimum absolute atomic E-state index is 0.357. The molecule has 0 atom stereocenters. The van der Waals surface area contributed by atoms with E-state index in [9.17, 15) is 14.4 Å². The molecule has 0 saturated heterocycles. The molecule has 1 aromatic heterocycles. The molecule has 0 aliphatic heterocycles. The van der Waals surface area contributed by atoms with Gasteiger partial charge in [-0.25, -0.2) is 14.4 Å². The summed E-state index contributed by atoms with van der Waals surface area (Å²) in [6.45, 7) is 0. The smallest absolute Gasteiger partial charge is 0.434 e. The molecule has 32 heavy (non-hydrogen) atoms. The number of nitrogens with zero attached hydrogens (tertiary/aromatic N) is 2. The zero-order valence-corrected chi connectivity index (χ0v) is 18.6. The highest BCUT2D eigenvalue weighted by molar-refractivity contribution is 6.61. The summed E-state index contributed by atoms with van der Waals surface area (Å²) < 4.78 is 19.9. The predicted molar refractivity (Wildman–Crippen MR) is 117 cm³/mol. The summed E-state index contributed by atoms with van der Waals surface area (Å²) >= 11 is 4.60. The number of hydrogen-bond donors (Lipinski definition) is 0. The summed E-state index contributed by atoms with van der Waals surface area (Å²) in [4.78, 5) is 33.6. The average Bonchev–Trinajstić information content (AvgIpc) is 3.28. The van der Waals surface area contributed by atoms with E-state index in [1.54, 1.807) is 49.6 Å². The van der Waals surface area contributed by atoms with Gasteiger partial charge in [-0.05, 0) is 36.4 Å². The van der Waals surface area contributed by atoms with Crippen LogP contribution in [0.3, 0.4) is 0 Å². The van der Waals surface area contributed by atoms with Crippen molar-refractivity contribution in [1.82, 2.24) is 9.78 Å². The fourth-order valence-corrected chi connectivity index (χ4v) is 2.70. The van der Waals surface area contributed by atoms with Crippen LogP contribution < -0.4 is 4.74 Å². The molecule has 0 N–H and O–H groups in total. The third-order valence-corrected chi connectivity index (χ3v) is 4.37. The van der Waals surface area contributed by atoms with Gasteiger partial charge >= 0.3 is 17.5 Å². The van der Waals surface area contributed by atoms with E-state index in [4.69, 9.17) is 14.2 Å². The Hall–Kier alpha value is -3.85. The molecule has 0 aliphatic rings. The molecule has 3 aromatic rings. The lowest BCUT2D eigenvalue weighted by atomic mass is 10.0. The zero-order valence-electron chi connectivity index (χ0n) is 17.8. The molecule has 2 aromatic carbocycles. The van der Waals surface area contributed by atoms with E-state index in [1.165, 1.54) is 21.3 Å². The molecule has 1 heterocycles. The van der Waals surface area contributed by atoms with Gasteiger partial charge in [-0.3, -0.25) is 0 Å². The van der Waals surface area contributed by atoms with Crippen LogP contribution in [0.15, 0.2) is 54.6 Å². The maximum atomic E-state index is 12.2. The van der Waals surface area contributed by atoms with Crippen molar-refractivity contribution in [2.75, 3.05) is 28.4 Å². The molecule has 0 fully saturated rings. The van der Waals surface area contributed by atoms with Gasteiger partial charge in [0.2, 0.25) is 0 Å². The first kappa shape index (κ1) is 24.4. The van der Waals surface area contributed by atoms with E-state index in [0.717, 1.165) is 10.2 Å². The Labute approximate surface area is 189 Å². The average molecular weight is 461 g/mol. The van der Waals surface area contributed by atoms with Gasteiger partial charge in [-0.2, -0.15) is 9.78 Å². The second-order valence-electron chi connectivity index (χ2n) is 6.00. The summed E-state index contributed by atoms with van der Waals surface area (Å²) in [7, 11) is 5.39. The number of carbonyl (C=O) groups excluding carboxylic acids is 3. The fraction of sp³-hybridized carbons (Fsp3) is 0.182. The van der Waals surface area contributed by atoms with Crippen LogP contribution in [-0.4, -0.2) is 55.7 Å². The Morgan fingerprint density at radius 1 is 0.875 bits per heavy atom. The quantitative estimate of drug-likeness (QED) is 0.315. The number of methoxy groups -OCH3 is 4. The lowest BCUT2D eigenvalue weighted by molar-refractivity contribution is 0.0601. The van der Waals surface area contributed by atoms with Crippen molar-refractivity contribution in [3.8, 4) is 28.3 Å². The van der Waals surface area contributed by atoms with Crippen molar-refractivity contribution >= 4 is 29.1 Å². The van der Waals surface area contributed by atoms with Crippen LogP contribution in [-0.2, 0) is 14.2 Å². The second kappa shape index (κ2) is 11.5.